The fourth-order valence-electron chi connectivity index (χ4n) is 5.92. The monoisotopic (exact) mass is 594 g/mol. The molecule has 2 saturated heterocycles. The lowest BCUT2D eigenvalue weighted by Gasteiger charge is -2.48. The maximum atomic E-state index is 14.1. The molecule has 3 fully saturated rings. The summed E-state index contributed by atoms with van der Waals surface area (Å²) in [5.74, 6) is -1.93. The van der Waals surface area contributed by atoms with Crippen LogP contribution in [0.25, 0.3) is 0 Å². The van der Waals surface area contributed by atoms with Gasteiger partial charge in [0.05, 0.1) is 24.3 Å². The first-order chi connectivity index (χ1) is 18.5. The van der Waals surface area contributed by atoms with Crippen LogP contribution in [-0.4, -0.2) is 65.1 Å². The molecule has 2 heterocycles. The van der Waals surface area contributed by atoms with Crippen molar-refractivity contribution in [1.29, 1.82) is 0 Å². The van der Waals surface area contributed by atoms with Crippen molar-refractivity contribution in [2.24, 2.45) is 5.92 Å². The van der Waals surface area contributed by atoms with E-state index in [1.54, 1.807) is 51.7 Å². The summed E-state index contributed by atoms with van der Waals surface area (Å²) in [6.45, 7) is 2.37. The van der Waals surface area contributed by atoms with Crippen molar-refractivity contribution in [2.75, 3.05) is 12.3 Å². The maximum Gasteiger partial charge on any atom is 0.306 e. The predicted octanol–water partition coefficient (Wildman–Crippen LogP) is 5.07. The van der Waals surface area contributed by atoms with E-state index in [1.165, 1.54) is 0 Å². The minimum Gasteiger partial charge on any atom is -0.481 e. The smallest absolute Gasteiger partial charge is 0.306 e. The van der Waals surface area contributed by atoms with Crippen molar-refractivity contribution >= 4 is 45.1 Å². The summed E-state index contributed by atoms with van der Waals surface area (Å²) in [6.07, 6.45) is 0.599. The van der Waals surface area contributed by atoms with Crippen LogP contribution >= 0.6 is 23.2 Å². The summed E-state index contributed by atoms with van der Waals surface area (Å²) in [5, 5.41) is 10.6. The highest BCUT2D eigenvalue weighted by Crippen LogP contribution is 2.48. The summed E-state index contributed by atoms with van der Waals surface area (Å²) >= 11 is 12.5. The number of amides is 1. The van der Waals surface area contributed by atoms with Gasteiger partial charge in [-0.15, -0.1) is 0 Å². The number of halogens is 2. The molecule has 2 aliphatic heterocycles. The lowest BCUT2D eigenvalue weighted by molar-refractivity contribution is -0.183. The molecule has 1 amide bonds. The van der Waals surface area contributed by atoms with Crippen LogP contribution in [-0.2, 0) is 24.3 Å². The van der Waals surface area contributed by atoms with E-state index in [2.05, 4.69) is 0 Å². The highest BCUT2D eigenvalue weighted by atomic mass is 35.5. The number of carboxylic acid groups (broad SMARTS) is 1. The summed E-state index contributed by atoms with van der Waals surface area (Å²) in [6, 6.07) is 12.6. The minimum atomic E-state index is -3.69. The molecule has 1 N–H and O–H groups in total. The van der Waals surface area contributed by atoms with Crippen molar-refractivity contribution in [1.82, 2.24) is 9.21 Å². The Balaban J connectivity index is 1.63. The van der Waals surface area contributed by atoms with Gasteiger partial charge in [-0.2, -0.15) is 4.31 Å². The number of rotatable bonds is 9. The molecule has 8 nitrogen and oxygen atoms in total. The van der Waals surface area contributed by atoms with E-state index in [1.807, 2.05) is 13.0 Å². The first-order valence-corrected chi connectivity index (χ1v) is 15.6. The predicted molar refractivity (Wildman–Crippen MR) is 148 cm³/mol. The molecule has 11 heteroatoms. The third kappa shape index (κ3) is 6.12. The molecule has 0 aromatic heterocycles. The van der Waals surface area contributed by atoms with E-state index >= 15 is 0 Å². The van der Waals surface area contributed by atoms with Gasteiger partial charge in [0.1, 0.15) is 12.2 Å². The molecule has 210 valence electrons. The first kappa shape index (κ1) is 28.4. The Morgan fingerprint density at radius 3 is 2.38 bits per heavy atom. The van der Waals surface area contributed by atoms with E-state index in [-0.39, 0.29) is 17.7 Å². The molecule has 3 aliphatic rings. The lowest BCUT2D eigenvalue weighted by atomic mass is 9.89. The van der Waals surface area contributed by atoms with E-state index < -0.39 is 52.6 Å². The number of benzene rings is 2. The number of nitrogens with zero attached hydrogens (tertiary/aromatic N) is 2. The van der Waals surface area contributed by atoms with Gasteiger partial charge in [-0.05, 0) is 73.9 Å². The normalized spacial score (nSPS) is 27.1. The number of hydrogen-bond donors (Lipinski definition) is 1. The summed E-state index contributed by atoms with van der Waals surface area (Å²) in [7, 11) is -3.69. The van der Waals surface area contributed by atoms with Crippen molar-refractivity contribution in [3.63, 3.8) is 0 Å². The highest BCUT2D eigenvalue weighted by Gasteiger charge is 2.52. The molecule has 1 saturated carbocycles. The number of carboxylic acids is 1. The summed E-state index contributed by atoms with van der Waals surface area (Å²) in [5.41, 5.74) is 1.38. The topological polar surface area (TPSA) is 104 Å². The average molecular weight is 596 g/mol. The third-order valence-corrected chi connectivity index (χ3v) is 10.4. The SMILES string of the molecule is CC1CCCN1S(=O)(=O)C[C@H](C1CC1)N1C(=O)[C@@H](CC(=O)O)O[C@H](c2cccc(Cl)c2)[C@H]1c1ccc(Cl)cc1. The third-order valence-electron chi connectivity index (χ3n) is 7.93. The van der Waals surface area contributed by atoms with Crippen LogP contribution in [0.3, 0.4) is 0 Å². The molecule has 39 heavy (non-hydrogen) atoms. The minimum absolute atomic E-state index is 0.0139. The number of carbonyl (C=O) groups is 2. The second-order valence-electron chi connectivity index (χ2n) is 10.7. The molecule has 5 rings (SSSR count). The molecule has 1 unspecified atom stereocenters. The Hall–Kier alpha value is -2.17. The van der Waals surface area contributed by atoms with E-state index in [4.69, 9.17) is 27.9 Å². The van der Waals surface area contributed by atoms with Gasteiger partial charge in [0.25, 0.3) is 5.91 Å². The van der Waals surface area contributed by atoms with E-state index in [0.29, 0.717) is 27.7 Å². The van der Waals surface area contributed by atoms with Gasteiger partial charge in [-0.25, -0.2) is 8.42 Å². The number of sulfonamides is 1. The molecule has 1 aliphatic carbocycles. The molecule has 0 radical (unpaired) electrons. The Morgan fingerprint density at radius 1 is 1.08 bits per heavy atom. The first-order valence-electron chi connectivity index (χ1n) is 13.2. The van der Waals surface area contributed by atoms with Crippen LogP contribution in [0, 0.1) is 5.92 Å². The zero-order valence-electron chi connectivity index (χ0n) is 21.6. The van der Waals surface area contributed by atoms with Crippen LogP contribution in [0.1, 0.15) is 62.3 Å². The molecule has 5 atom stereocenters. The van der Waals surface area contributed by atoms with Crippen LogP contribution < -0.4 is 0 Å². The second-order valence-corrected chi connectivity index (χ2v) is 13.6. The average Bonchev–Trinajstić information content (AvgIpc) is 3.63. The largest absolute Gasteiger partial charge is 0.481 e. The Labute approximate surface area is 238 Å². The van der Waals surface area contributed by atoms with Crippen molar-refractivity contribution in [3.05, 3.63) is 69.7 Å². The Bertz CT molecular complexity index is 1330. The quantitative estimate of drug-likeness (QED) is 0.434. The standard InChI is InChI=1S/C28H32Cl2N2O6S/c1-17-4-3-13-31(17)39(36,37)16-23(18-7-8-18)32-26(19-9-11-21(29)12-10-19)27(20-5-2-6-22(30)14-20)38-24(28(32)35)15-25(33)34/h2,5-6,9-12,14,17-18,23-24,26-27H,3-4,7-8,13,15-16H2,1H3,(H,33,34)/t17?,23-,24-,26-,27-/m1/s1. The summed E-state index contributed by atoms with van der Waals surface area (Å²) < 4.78 is 35.2. The van der Waals surface area contributed by atoms with Crippen molar-refractivity contribution in [3.8, 4) is 0 Å². The van der Waals surface area contributed by atoms with Gasteiger partial charge in [0.2, 0.25) is 10.0 Å². The van der Waals surface area contributed by atoms with Gasteiger partial charge >= 0.3 is 5.97 Å². The van der Waals surface area contributed by atoms with Crippen LogP contribution in [0.15, 0.2) is 48.5 Å². The van der Waals surface area contributed by atoms with Crippen LogP contribution in [0.4, 0.5) is 0 Å². The fraction of sp³-hybridized carbons (Fsp3) is 0.500. The number of carbonyl (C=O) groups excluding carboxylic acids is 1. The lowest BCUT2D eigenvalue weighted by Crippen LogP contribution is -2.58. The zero-order chi connectivity index (χ0) is 27.9. The Kier molecular flexibility index (Phi) is 8.27. The Morgan fingerprint density at radius 2 is 1.79 bits per heavy atom. The summed E-state index contributed by atoms with van der Waals surface area (Å²) in [4.78, 5) is 27.5. The van der Waals surface area contributed by atoms with Crippen molar-refractivity contribution < 1.29 is 27.9 Å². The number of aliphatic carboxylic acids is 1. The van der Waals surface area contributed by atoms with Gasteiger partial charge in [0, 0.05) is 22.6 Å². The molecule has 2 aromatic carbocycles. The van der Waals surface area contributed by atoms with Gasteiger partial charge in [0.15, 0.2) is 0 Å². The number of ether oxygens (including phenoxy) is 1. The zero-order valence-corrected chi connectivity index (χ0v) is 23.9. The van der Waals surface area contributed by atoms with Gasteiger partial charge < -0.3 is 14.7 Å². The second kappa shape index (κ2) is 11.4. The van der Waals surface area contributed by atoms with Gasteiger partial charge in [-0.1, -0.05) is 47.5 Å². The van der Waals surface area contributed by atoms with E-state index in [9.17, 15) is 23.1 Å². The highest BCUT2D eigenvalue weighted by molar-refractivity contribution is 7.89. The van der Waals surface area contributed by atoms with Crippen molar-refractivity contribution in [2.45, 2.75) is 69.4 Å². The molecular weight excluding hydrogens is 563 g/mol. The maximum absolute atomic E-state index is 14.1. The van der Waals surface area contributed by atoms with Gasteiger partial charge in [-0.3, -0.25) is 9.59 Å². The molecule has 0 bridgehead atoms. The number of morpholine rings is 1. The fourth-order valence-corrected chi connectivity index (χ4v) is 8.36. The molecule has 0 spiro atoms. The molecular formula is C28H32Cl2N2O6S. The molecule has 2 aromatic rings. The van der Waals surface area contributed by atoms with E-state index in [0.717, 1.165) is 25.7 Å². The van der Waals surface area contributed by atoms with Crippen LogP contribution in [0.5, 0.6) is 0 Å². The number of hydrogen-bond acceptors (Lipinski definition) is 5. The van der Waals surface area contributed by atoms with Crippen LogP contribution in [0.2, 0.25) is 10.0 Å².